The molecular weight excluding hydrogens is 280 g/mol. The van der Waals surface area contributed by atoms with Gasteiger partial charge in [0.1, 0.15) is 0 Å². The number of likely N-dealkylation sites (tertiary alicyclic amines) is 1. The Hall–Kier alpha value is -1.43. The largest absolute Gasteiger partial charge is 0.352 e. The molecule has 6 nitrogen and oxygen atoms in total. The number of carbonyl (C=O) groups excluding carboxylic acids is 1. The summed E-state index contributed by atoms with van der Waals surface area (Å²) in [6, 6.07) is 0.560. The molecule has 1 atom stereocenters. The van der Waals surface area contributed by atoms with E-state index in [4.69, 9.17) is 4.52 Å². The summed E-state index contributed by atoms with van der Waals surface area (Å²) in [7, 11) is 0. The lowest BCUT2D eigenvalue weighted by atomic mass is 10.1. The summed E-state index contributed by atoms with van der Waals surface area (Å²) < 4.78 is 5.09. The molecule has 2 aliphatic carbocycles. The average molecular weight is 304 g/mol. The third kappa shape index (κ3) is 3.02. The van der Waals surface area contributed by atoms with Crippen LogP contribution in [0.3, 0.4) is 0 Å². The van der Waals surface area contributed by atoms with Crippen LogP contribution in [0.2, 0.25) is 0 Å². The Labute approximate surface area is 130 Å². The molecule has 2 saturated carbocycles. The highest BCUT2D eigenvalue weighted by Gasteiger charge is 2.42. The van der Waals surface area contributed by atoms with Gasteiger partial charge in [-0.05, 0) is 56.9 Å². The van der Waals surface area contributed by atoms with Crippen LogP contribution in [0.25, 0.3) is 0 Å². The molecule has 120 valence electrons. The van der Waals surface area contributed by atoms with Crippen LogP contribution >= 0.6 is 0 Å². The topological polar surface area (TPSA) is 71.3 Å². The van der Waals surface area contributed by atoms with E-state index < -0.39 is 0 Å². The van der Waals surface area contributed by atoms with Crippen LogP contribution < -0.4 is 5.32 Å². The number of aryl methyl sites for hydroxylation is 1. The van der Waals surface area contributed by atoms with Crippen LogP contribution in [0, 0.1) is 18.8 Å². The molecule has 1 aromatic rings. The van der Waals surface area contributed by atoms with Crippen molar-refractivity contribution in [1.82, 2.24) is 20.4 Å². The molecule has 0 spiro atoms. The lowest BCUT2D eigenvalue weighted by molar-refractivity contribution is -0.123. The number of nitrogens with one attached hydrogen (secondary N) is 1. The molecule has 1 amide bonds. The van der Waals surface area contributed by atoms with Gasteiger partial charge in [0.05, 0.1) is 12.6 Å². The van der Waals surface area contributed by atoms with E-state index >= 15 is 0 Å². The van der Waals surface area contributed by atoms with Crippen molar-refractivity contribution in [3.63, 3.8) is 0 Å². The second-order valence-corrected chi connectivity index (χ2v) is 7.07. The van der Waals surface area contributed by atoms with E-state index in [1.807, 2.05) is 0 Å². The van der Waals surface area contributed by atoms with Crippen molar-refractivity contribution in [3.05, 3.63) is 11.7 Å². The zero-order valence-corrected chi connectivity index (χ0v) is 13.1. The minimum atomic E-state index is 0.128. The molecule has 3 aliphatic rings. The number of hydrogen-bond acceptors (Lipinski definition) is 5. The van der Waals surface area contributed by atoms with Crippen molar-refractivity contribution in [3.8, 4) is 0 Å². The molecule has 1 saturated heterocycles. The summed E-state index contributed by atoms with van der Waals surface area (Å²) in [6.45, 7) is 3.19. The molecule has 3 fully saturated rings. The number of amides is 1. The second kappa shape index (κ2) is 5.65. The quantitative estimate of drug-likeness (QED) is 0.868. The van der Waals surface area contributed by atoms with E-state index in [0.717, 1.165) is 37.0 Å². The highest BCUT2D eigenvalue weighted by Crippen LogP contribution is 2.44. The zero-order chi connectivity index (χ0) is 15.1. The van der Waals surface area contributed by atoms with Crippen LogP contribution in [-0.2, 0) is 4.79 Å². The second-order valence-electron chi connectivity index (χ2n) is 7.07. The van der Waals surface area contributed by atoms with Crippen molar-refractivity contribution in [2.45, 2.75) is 57.5 Å². The van der Waals surface area contributed by atoms with Gasteiger partial charge >= 0.3 is 0 Å². The zero-order valence-electron chi connectivity index (χ0n) is 13.1. The summed E-state index contributed by atoms with van der Waals surface area (Å²) in [5, 5.41) is 7.33. The van der Waals surface area contributed by atoms with Gasteiger partial charge in [-0.3, -0.25) is 9.69 Å². The Bertz CT molecular complexity index is 538. The number of rotatable bonds is 6. The van der Waals surface area contributed by atoms with Crippen LogP contribution in [0.4, 0.5) is 0 Å². The van der Waals surface area contributed by atoms with Crippen molar-refractivity contribution >= 4 is 5.91 Å². The fourth-order valence-corrected chi connectivity index (χ4v) is 3.71. The summed E-state index contributed by atoms with van der Waals surface area (Å²) in [5.74, 6) is 2.96. The van der Waals surface area contributed by atoms with Crippen molar-refractivity contribution in [2.75, 3.05) is 13.1 Å². The maximum atomic E-state index is 12.4. The standard InChI is InChI=1S/C16H24N4O2/c1-10-17-16(19-22-10)13-3-2-8-20(13)9-14(21)18-15(11-4-5-11)12-6-7-12/h11-13,15H,2-9H2,1H3,(H,18,21)/t13-/m1/s1. The minimum Gasteiger partial charge on any atom is -0.352 e. The van der Waals surface area contributed by atoms with E-state index in [-0.39, 0.29) is 11.9 Å². The minimum absolute atomic E-state index is 0.128. The Morgan fingerprint density at radius 1 is 1.32 bits per heavy atom. The van der Waals surface area contributed by atoms with Crippen LogP contribution in [0.15, 0.2) is 4.52 Å². The molecule has 0 aromatic carbocycles. The van der Waals surface area contributed by atoms with E-state index in [1.54, 1.807) is 6.92 Å². The van der Waals surface area contributed by atoms with E-state index in [0.29, 0.717) is 18.5 Å². The average Bonchev–Trinajstić information content (AvgIpc) is 3.41. The van der Waals surface area contributed by atoms with Gasteiger partial charge in [-0.25, -0.2) is 0 Å². The van der Waals surface area contributed by atoms with Gasteiger partial charge in [-0.2, -0.15) is 4.98 Å². The number of aromatic nitrogens is 2. The van der Waals surface area contributed by atoms with E-state index in [2.05, 4.69) is 20.4 Å². The van der Waals surface area contributed by atoms with Gasteiger partial charge in [-0.1, -0.05) is 5.16 Å². The molecule has 22 heavy (non-hydrogen) atoms. The van der Waals surface area contributed by atoms with Crippen molar-refractivity contribution in [2.24, 2.45) is 11.8 Å². The molecule has 1 aromatic heterocycles. The maximum absolute atomic E-state index is 12.4. The fourth-order valence-electron chi connectivity index (χ4n) is 3.71. The lowest BCUT2D eigenvalue weighted by Gasteiger charge is -2.24. The number of hydrogen-bond donors (Lipinski definition) is 1. The predicted octanol–water partition coefficient (Wildman–Crippen LogP) is 1.82. The smallest absolute Gasteiger partial charge is 0.234 e. The third-order valence-electron chi connectivity index (χ3n) is 5.14. The Kier molecular flexibility index (Phi) is 3.64. The number of nitrogens with zero attached hydrogens (tertiary/aromatic N) is 3. The molecular formula is C16H24N4O2. The Morgan fingerprint density at radius 3 is 2.64 bits per heavy atom. The first kappa shape index (κ1) is 14.2. The van der Waals surface area contributed by atoms with E-state index in [9.17, 15) is 4.79 Å². The highest BCUT2D eigenvalue weighted by atomic mass is 16.5. The molecule has 0 unspecified atom stereocenters. The van der Waals surface area contributed by atoms with Crippen molar-refractivity contribution < 1.29 is 9.32 Å². The molecule has 0 radical (unpaired) electrons. The lowest BCUT2D eigenvalue weighted by Crippen LogP contribution is -2.44. The molecule has 1 N–H and O–H groups in total. The molecule has 4 rings (SSSR count). The predicted molar refractivity (Wildman–Crippen MR) is 80.0 cm³/mol. The molecule has 2 heterocycles. The highest BCUT2D eigenvalue weighted by molar-refractivity contribution is 5.78. The summed E-state index contributed by atoms with van der Waals surface area (Å²) in [6.07, 6.45) is 7.23. The maximum Gasteiger partial charge on any atom is 0.234 e. The summed E-state index contributed by atoms with van der Waals surface area (Å²) in [5.41, 5.74) is 0. The summed E-state index contributed by atoms with van der Waals surface area (Å²) in [4.78, 5) is 19.0. The van der Waals surface area contributed by atoms with Gasteiger partial charge < -0.3 is 9.84 Å². The van der Waals surface area contributed by atoms with Gasteiger partial charge in [-0.15, -0.1) is 0 Å². The molecule has 0 bridgehead atoms. The monoisotopic (exact) mass is 304 g/mol. The van der Waals surface area contributed by atoms with Crippen LogP contribution in [0.1, 0.15) is 56.3 Å². The van der Waals surface area contributed by atoms with Crippen molar-refractivity contribution in [1.29, 1.82) is 0 Å². The molecule has 1 aliphatic heterocycles. The Morgan fingerprint density at radius 2 is 2.05 bits per heavy atom. The van der Waals surface area contributed by atoms with Crippen LogP contribution in [-0.4, -0.2) is 40.1 Å². The first-order valence-corrected chi connectivity index (χ1v) is 8.54. The number of carbonyl (C=O) groups is 1. The third-order valence-corrected chi connectivity index (χ3v) is 5.14. The van der Waals surface area contributed by atoms with Crippen LogP contribution in [0.5, 0.6) is 0 Å². The normalized spacial score (nSPS) is 25.8. The SMILES string of the molecule is Cc1nc([C@H]2CCCN2CC(=O)NC(C2CC2)C2CC2)no1. The first-order valence-electron chi connectivity index (χ1n) is 8.54. The van der Waals surface area contributed by atoms with Gasteiger partial charge in [0.25, 0.3) is 0 Å². The first-order chi connectivity index (χ1) is 10.7. The fraction of sp³-hybridized carbons (Fsp3) is 0.812. The van der Waals surface area contributed by atoms with Gasteiger partial charge in [0.15, 0.2) is 5.82 Å². The van der Waals surface area contributed by atoms with Gasteiger partial charge in [0, 0.05) is 13.0 Å². The summed E-state index contributed by atoms with van der Waals surface area (Å²) >= 11 is 0. The van der Waals surface area contributed by atoms with E-state index in [1.165, 1.54) is 25.7 Å². The van der Waals surface area contributed by atoms with Gasteiger partial charge in [0.2, 0.25) is 11.8 Å². The molecule has 6 heteroatoms. The Balaban J connectivity index is 1.36.